The van der Waals surface area contributed by atoms with Gasteiger partial charge in [0.15, 0.2) is 11.5 Å². The first-order chi connectivity index (χ1) is 15.7. The molecule has 3 N–H and O–H groups in total. The third-order valence-electron chi connectivity index (χ3n) is 4.21. The summed E-state index contributed by atoms with van der Waals surface area (Å²) in [6.45, 7) is 10.3. The van der Waals surface area contributed by atoms with Gasteiger partial charge in [-0.3, -0.25) is 5.32 Å². The molecule has 0 saturated heterocycles. The molecule has 0 radical (unpaired) electrons. The van der Waals surface area contributed by atoms with E-state index in [1.165, 1.54) is 36.4 Å². The van der Waals surface area contributed by atoms with Gasteiger partial charge in [-0.1, -0.05) is 6.07 Å². The fourth-order valence-corrected chi connectivity index (χ4v) is 2.94. The number of carboxylic acids is 1. The fourth-order valence-electron chi connectivity index (χ4n) is 2.94. The summed E-state index contributed by atoms with van der Waals surface area (Å²) in [7, 11) is 0. The zero-order valence-corrected chi connectivity index (χ0v) is 20.2. The van der Waals surface area contributed by atoms with Crippen molar-refractivity contribution in [1.82, 2.24) is 0 Å². The number of esters is 1. The van der Waals surface area contributed by atoms with Crippen molar-refractivity contribution in [3.05, 3.63) is 53.1 Å². The number of amides is 1. The molecule has 184 valence electrons. The maximum atomic E-state index is 12.5. The average Bonchev–Trinajstić information content (AvgIpc) is 2.66. The smallest absolute Gasteiger partial charge is 0.412 e. The van der Waals surface area contributed by atoms with Crippen molar-refractivity contribution >= 4 is 23.7 Å². The van der Waals surface area contributed by atoms with Gasteiger partial charge in [0.1, 0.15) is 16.8 Å². The lowest BCUT2D eigenvalue weighted by molar-refractivity contribution is 0.00647. The highest BCUT2D eigenvalue weighted by molar-refractivity contribution is 5.94. The highest BCUT2D eigenvalue weighted by Gasteiger charge is 2.23. The molecule has 34 heavy (non-hydrogen) atoms. The van der Waals surface area contributed by atoms with Crippen LogP contribution in [0.3, 0.4) is 0 Å². The molecule has 2 rings (SSSR count). The number of carboxylic acid groups (broad SMARTS) is 1. The molecular weight excluding hydrogens is 442 g/mol. The Labute approximate surface area is 198 Å². The molecule has 0 fully saturated rings. The first-order valence-corrected chi connectivity index (χ1v) is 10.7. The highest BCUT2D eigenvalue weighted by Crippen LogP contribution is 2.32. The Morgan fingerprint density at radius 2 is 1.56 bits per heavy atom. The zero-order chi connectivity index (χ0) is 25.7. The van der Waals surface area contributed by atoms with E-state index in [9.17, 15) is 24.6 Å². The molecule has 0 aliphatic carbocycles. The molecule has 0 atom stereocenters. The van der Waals surface area contributed by atoms with Crippen LogP contribution in [0.4, 0.5) is 10.5 Å². The number of nitrogens with one attached hydrogen (secondary N) is 1. The molecule has 0 bridgehead atoms. The summed E-state index contributed by atoms with van der Waals surface area (Å²) in [6, 6.07) is 8.68. The van der Waals surface area contributed by atoms with Crippen molar-refractivity contribution in [3.8, 4) is 11.5 Å². The third-order valence-corrected chi connectivity index (χ3v) is 4.21. The standard InChI is InChI=1S/C25H31NO8/c1-24(2,3)33-22(30)18-8-7-9-19(27)20(18)32-13-12-15-14-16(10-11-17(15)21(28)29)26-23(31)34-25(4,5)6/h7-11,14,27H,12-13H2,1-6H3,(H,26,31)(H,28,29). The van der Waals surface area contributed by atoms with Gasteiger partial charge < -0.3 is 24.4 Å². The summed E-state index contributed by atoms with van der Waals surface area (Å²) >= 11 is 0. The predicted octanol–water partition coefficient (Wildman–Crippen LogP) is 5.01. The van der Waals surface area contributed by atoms with E-state index in [0.717, 1.165) is 0 Å². The maximum absolute atomic E-state index is 12.5. The van der Waals surface area contributed by atoms with Crippen molar-refractivity contribution in [2.75, 3.05) is 11.9 Å². The maximum Gasteiger partial charge on any atom is 0.412 e. The van der Waals surface area contributed by atoms with Gasteiger partial charge in [0.05, 0.1) is 12.2 Å². The summed E-state index contributed by atoms with van der Waals surface area (Å²) in [6.07, 6.45) is -0.554. The van der Waals surface area contributed by atoms with E-state index in [1.807, 2.05) is 0 Å². The number of aromatic hydroxyl groups is 1. The van der Waals surface area contributed by atoms with Crippen LogP contribution >= 0.6 is 0 Å². The number of aromatic carboxylic acids is 1. The number of ether oxygens (including phenoxy) is 3. The Kier molecular flexibility index (Phi) is 8.15. The van der Waals surface area contributed by atoms with Gasteiger partial charge in [0, 0.05) is 12.1 Å². The lowest BCUT2D eigenvalue weighted by Crippen LogP contribution is -2.27. The molecule has 2 aromatic rings. The first-order valence-electron chi connectivity index (χ1n) is 10.7. The Morgan fingerprint density at radius 3 is 2.15 bits per heavy atom. The van der Waals surface area contributed by atoms with Crippen LogP contribution in [0.1, 0.15) is 67.8 Å². The van der Waals surface area contributed by atoms with E-state index in [0.29, 0.717) is 11.3 Å². The van der Waals surface area contributed by atoms with Crippen molar-refractivity contribution in [2.45, 2.75) is 59.2 Å². The van der Waals surface area contributed by atoms with Crippen LogP contribution in [-0.4, -0.2) is 46.1 Å². The van der Waals surface area contributed by atoms with E-state index in [2.05, 4.69) is 5.32 Å². The van der Waals surface area contributed by atoms with Crippen LogP contribution in [0.5, 0.6) is 11.5 Å². The lowest BCUT2D eigenvalue weighted by atomic mass is 10.0. The number of hydrogen-bond donors (Lipinski definition) is 3. The number of rotatable bonds is 7. The van der Waals surface area contributed by atoms with Crippen LogP contribution in [0.25, 0.3) is 0 Å². The van der Waals surface area contributed by atoms with E-state index in [1.54, 1.807) is 41.5 Å². The summed E-state index contributed by atoms with van der Waals surface area (Å²) < 4.78 is 16.3. The Balaban J connectivity index is 2.20. The number of phenolic OH excluding ortho intramolecular Hbond substituents is 1. The normalized spacial score (nSPS) is 11.5. The topological polar surface area (TPSA) is 131 Å². The second kappa shape index (κ2) is 10.5. The molecule has 0 saturated carbocycles. The summed E-state index contributed by atoms with van der Waals surface area (Å²) in [4.78, 5) is 36.2. The van der Waals surface area contributed by atoms with Crippen molar-refractivity contribution in [2.24, 2.45) is 0 Å². The van der Waals surface area contributed by atoms with Crippen LogP contribution < -0.4 is 10.1 Å². The minimum Gasteiger partial charge on any atom is -0.504 e. The van der Waals surface area contributed by atoms with E-state index >= 15 is 0 Å². The molecular formula is C25H31NO8. The summed E-state index contributed by atoms with van der Waals surface area (Å²) in [5.74, 6) is -2.11. The Hall–Kier alpha value is -3.75. The van der Waals surface area contributed by atoms with Gasteiger partial charge in [-0.15, -0.1) is 0 Å². The average molecular weight is 474 g/mol. The minimum absolute atomic E-state index is 0.0305. The van der Waals surface area contributed by atoms with Gasteiger partial charge in [-0.05, 0) is 77.4 Å². The van der Waals surface area contributed by atoms with Gasteiger partial charge in [-0.25, -0.2) is 14.4 Å². The lowest BCUT2D eigenvalue weighted by Gasteiger charge is -2.21. The monoisotopic (exact) mass is 473 g/mol. The number of carbonyl (C=O) groups excluding carboxylic acids is 2. The van der Waals surface area contributed by atoms with E-state index in [4.69, 9.17) is 14.2 Å². The van der Waals surface area contributed by atoms with Gasteiger partial charge >= 0.3 is 18.0 Å². The molecule has 1 amide bonds. The first kappa shape index (κ1) is 26.5. The molecule has 0 unspecified atom stereocenters. The zero-order valence-electron chi connectivity index (χ0n) is 20.2. The predicted molar refractivity (Wildman–Crippen MR) is 126 cm³/mol. The number of hydrogen-bond acceptors (Lipinski definition) is 7. The number of para-hydroxylation sites is 1. The summed E-state index contributed by atoms with van der Waals surface area (Å²) in [5, 5.41) is 22.3. The van der Waals surface area contributed by atoms with Crippen molar-refractivity contribution in [1.29, 1.82) is 0 Å². The number of phenols is 1. The van der Waals surface area contributed by atoms with Crippen molar-refractivity contribution in [3.63, 3.8) is 0 Å². The second-order valence-corrected chi connectivity index (χ2v) is 9.56. The van der Waals surface area contributed by atoms with Crippen molar-refractivity contribution < 1.29 is 38.8 Å². The number of carbonyl (C=O) groups is 3. The second-order valence-electron chi connectivity index (χ2n) is 9.56. The van der Waals surface area contributed by atoms with Crippen LogP contribution in [0.15, 0.2) is 36.4 Å². The molecule has 0 heterocycles. The molecule has 2 aromatic carbocycles. The van der Waals surface area contributed by atoms with Crippen LogP contribution in [0.2, 0.25) is 0 Å². The van der Waals surface area contributed by atoms with Gasteiger partial charge in [-0.2, -0.15) is 0 Å². The minimum atomic E-state index is -1.14. The SMILES string of the molecule is CC(C)(C)OC(=O)Nc1ccc(C(=O)O)c(CCOc2c(O)cccc2C(=O)OC(C)(C)C)c1. The Bertz CT molecular complexity index is 1060. The molecule has 0 spiro atoms. The quantitative estimate of drug-likeness (QED) is 0.478. The Morgan fingerprint density at radius 1 is 0.912 bits per heavy atom. The van der Waals surface area contributed by atoms with E-state index in [-0.39, 0.29) is 35.7 Å². The number of anilines is 1. The molecule has 0 aromatic heterocycles. The molecule has 0 aliphatic rings. The molecule has 9 heteroatoms. The fraction of sp³-hybridized carbons (Fsp3) is 0.400. The van der Waals surface area contributed by atoms with Gasteiger partial charge in [0.25, 0.3) is 0 Å². The summed E-state index contributed by atoms with van der Waals surface area (Å²) in [5.41, 5.74) is -0.610. The van der Waals surface area contributed by atoms with E-state index < -0.39 is 29.2 Å². The molecule has 9 nitrogen and oxygen atoms in total. The third kappa shape index (κ3) is 7.99. The highest BCUT2D eigenvalue weighted by atomic mass is 16.6. The largest absolute Gasteiger partial charge is 0.504 e. The number of benzene rings is 2. The van der Waals surface area contributed by atoms with Crippen LogP contribution in [0, 0.1) is 0 Å². The molecule has 0 aliphatic heterocycles. The van der Waals surface area contributed by atoms with Crippen LogP contribution in [-0.2, 0) is 15.9 Å². The van der Waals surface area contributed by atoms with Gasteiger partial charge in [0.2, 0.25) is 0 Å².